The Balaban J connectivity index is 0.000000200. The van der Waals surface area contributed by atoms with Crippen molar-refractivity contribution in [1.29, 1.82) is 0 Å². The van der Waals surface area contributed by atoms with Gasteiger partial charge in [-0.1, -0.05) is 6.08 Å². The molecule has 0 radical (unpaired) electrons. The van der Waals surface area contributed by atoms with Gasteiger partial charge in [0.15, 0.2) is 6.29 Å². The standard InChI is InChI=1S/C8H13FO.C7H11FO2/c1-2-8(10)5-3-7(9)4-6-8;8-6-1-3-7(10,5-9)4-2-6/h2,7,10H,1,3-6H2;5-6,10H,1-4H2. The number of carbonyl (C=O) groups excluding carboxylic acids is 1. The maximum atomic E-state index is 12.5. The fourth-order valence-electron chi connectivity index (χ4n) is 2.49. The van der Waals surface area contributed by atoms with Crippen molar-refractivity contribution in [3.63, 3.8) is 0 Å². The minimum atomic E-state index is -1.22. The number of hydrogen-bond acceptors (Lipinski definition) is 3. The number of carbonyl (C=O) groups is 1. The molecule has 2 aliphatic rings. The van der Waals surface area contributed by atoms with E-state index in [1.165, 1.54) is 6.08 Å². The zero-order chi connectivity index (χ0) is 15.2. The Bertz CT molecular complexity index is 285. The summed E-state index contributed by atoms with van der Waals surface area (Å²) in [5.41, 5.74) is -1.99. The van der Waals surface area contributed by atoms with E-state index in [1.807, 2.05) is 0 Å². The topological polar surface area (TPSA) is 57.5 Å². The molecule has 0 saturated heterocycles. The molecule has 2 rings (SSSR count). The van der Waals surface area contributed by atoms with Crippen LogP contribution in [0.3, 0.4) is 0 Å². The van der Waals surface area contributed by atoms with Gasteiger partial charge in [0.2, 0.25) is 0 Å². The summed E-state index contributed by atoms with van der Waals surface area (Å²) in [7, 11) is 0. The average Bonchev–Trinajstić information content (AvgIpc) is 2.47. The summed E-state index contributed by atoms with van der Waals surface area (Å²) in [6.07, 6.45) is 3.71. The molecule has 3 nitrogen and oxygen atoms in total. The predicted molar refractivity (Wildman–Crippen MR) is 72.9 cm³/mol. The van der Waals surface area contributed by atoms with E-state index >= 15 is 0 Å². The van der Waals surface area contributed by atoms with Gasteiger partial charge >= 0.3 is 0 Å². The molecule has 0 aromatic carbocycles. The van der Waals surface area contributed by atoms with Crippen LogP contribution in [0.2, 0.25) is 0 Å². The lowest BCUT2D eigenvalue weighted by molar-refractivity contribution is -0.128. The van der Waals surface area contributed by atoms with Crippen molar-refractivity contribution in [3.05, 3.63) is 12.7 Å². The zero-order valence-corrected chi connectivity index (χ0v) is 11.7. The van der Waals surface area contributed by atoms with Gasteiger partial charge in [-0.15, -0.1) is 6.58 Å². The van der Waals surface area contributed by atoms with Crippen molar-refractivity contribution in [2.24, 2.45) is 0 Å². The third kappa shape index (κ3) is 5.29. The van der Waals surface area contributed by atoms with Gasteiger partial charge in [-0.3, -0.25) is 0 Å². The molecule has 0 unspecified atom stereocenters. The molecule has 0 aliphatic heterocycles. The molecule has 0 atom stereocenters. The van der Waals surface area contributed by atoms with Crippen molar-refractivity contribution >= 4 is 6.29 Å². The van der Waals surface area contributed by atoms with E-state index in [-0.39, 0.29) is 12.8 Å². The number of hydrogen-bond donors (Lipinski definition) is 2. The van der Waals surface area contributed by atoms with E-state index in [2.05, 4.69) is 6.58 Å². The van der Waals surface area contributed by atoms with Crippen LogP contribution < -0.4 is 0 Å². The highest BCUT2D eigenvalue weighted by Gasteiger charge is 2.32. The third-order valence-electron chi connectivity index (χ3n) is 4.16. The molecule has 0 aromatic heterocycles. The summed E-state index contributed by atoms with van der Waals surface area (Å²) in [4.78, 5) is 10.2. The number of halogens is 2. The Hall–Kier alpha value is -0.810. The van der Waals surface area contributed by atoms with Gasteiger partial charge in [0, 0.05) is 0 Å². The van der Waals surface area contributed by atoms with Crippen LogP contribution in [0.1, 0.15) is 51.4 Å². The molecule has 2 aliphatic carbocycles. The molecular weight excluding hydrogens is 266 g/mol. The van der Waals surface area contributed by atoms with E-state index in [9.17, 15) is 23.8 Å². The summed E-state index contributed by atoms with van der Waals surface area (Å²) < 4.78 is 25.0. The number of rotatable bonds is 2. The van der Waals surface area contributed by atoms with Crippen molar-refractivity contribution in [3.8, 4) is 0 Å². The Labute approximate surface area is 118 Å². The highest BCUT2D eigenvalue weighted by molar-refractivity contribution is 5.62. The molecule has 0 aromatic rings. The van der Waals surface area contributed by atoms with Gasteiger partial charge in [-0.25, -0.2) is 8.78 Å². The van der Waals surface area contributed by atoms with Crippen LogP contribution in [0.5, 0.6) is 0 Å². The third-order valence-corrected chi connectivity index (χ3v) is 4.16. The monoisotopic (exact) mass is 290 g/mol. The second-order valence-corrected chi connectivity index (χ2v) is 5.88. The maximum absolute atomic E-state index is 12.5. The molecule has 2 N–H and O–H groups in total. The first-order chi connectivity index (χ1) is 9.32. The predicted octanol–water partition coefficient (Wildman–Crippen LogP) is 2.64. The molecular formula is C15H24F2O3. The van der Waals surface area contributed by atoms with Crippen LogP contribution in [0.15, 0.2) is 12.7 Å². The minimum absolute atomic E-state index is 0.275. The normalized spacial score (nSPS) is 41.2. The lowest BCUT2D eigenvalue weighted by atomic mass is 9.84. The summed E-state index contributed by atoms with van der Waals surface area (Å²) in [6, 6.07) is 0. The first-order valence-corrected chi connectivity index (χ1v) is 7.15. The van der Waals surface area contributed by atoms with Crippen molar-refractivity contribution < 1.29 is 23.8 Å². The largest absolute Gasteiger partial charge is 0.386 e. The molecule has 2 fully saturated rings. The van der Waals surface area contributed by atoms with E-state index in [0.717, 1.165) is 0 Å². The van der Waals surface area contributed by atoms with Crippen molar-refractivity contribution in [2.45, 2.75) is 74.9 Å². The zero-order valence-electron chi connectivity index (χ0n) is 11.7. The van der Waals surface area contributed by atoms with Gasteiger partial charge in [-0.05, 0) is 51.4 Å². The molecule has 116 valence electrons. The van der Waals surface area contributed by atoms with Crippen LogP contribution in [0, 0.1) is 0 Å². The SMILES string of the molecule is C=CC1(O)CCC(F)CC1.O=CC1(O)CCC(F)CC1. The Kier molecular flexibility index (Phi) is 6.27. The minimum Gasteiger partial charge on any atom is -0.386 e. The van der Waals surface area contributed by atoms with Gasteiger partial charge in [0.05, 0.1) is 5.60 Å². The molecule has 5 heteroatoms. The van der Waals surface area contributed by atoms with Gasteiger partial charge in [0.25, 0.3) is 0 Å². The summed E-state index contributed by atoms with van der Waals surface area (Å²) in [5.74, 6) is 0. The second-order valence-electron chi connectivity index (χ2n) is 5.88. The Morgan fingerprint density at radius 3 is 1.55 bits per heavy atom. The van der Waals surface area contributed by atoms with E-state index < -0.39 is 23.5 Å². The summed E-state index contributed by atoms with van der Waals surface area (Å²) >= 11 is 0. The molecule has 0 heterocycles. The van der Waals surface area contributed by atoms with E-state index in [4.69, 9.17) is 0 Å². The van der Waals surface area contributed by atoms with E-state index in [1.54, 1.807) is 0 Å². The van der Waals surface area contributed by atoms with Crippen LogP contribution in [0.25, 0.3) is 0 Å². The number of aliphatic hydroxyl groups is 2. The van der Waals surface area contributed by atoms with E-state index in [0.29, 0.717) is 44.8 Å². The molecule has 0 spiro atoms. The molecule has 20 heavy (non-hydrogen) atoms. The molecule has 2 saturated carbocycles. The first-order valence-electron chi connectivity index (χ1n) is 7.15. The molecule has 0 amide bonds. The fraction of sp³-hybridized carbons (Fsp3) is 0.800. The fourth-order valence-corrected chi connectivity index (χ4v) is 2.49. The lowest BCUT2D eigenvalue weighted by Crippen LogP contribution is -2.35. The lowest BCUT2D eigenvalue weighted by Gasteiger charge is -2.30. The average molecular weight is 290 g/mol. The quantitative estimate of drug-likeness (QED) is 0.607. The smallest absolute Gasteiger partial charge is 0.151 e. The highest BCUT2D eigenvalue weighted by Crippen LogP contribution is 2.30. The number of aldehydes is 1. The number of alkyl halides is 2. The van der Waals surface area contributed by atoms with Gasteiger partial charge < -0.3 is 15.0 Å². The Morgan fingerprint density at radius 1 is 0.900 bits per heavy atom. The van der Waals surface area contributed by atoms with Crippen LogP contribution in [0.4, 0.5) is 8.78 Å². The van der Waals surface area contributed by atoms with Crippen molar-refractivity contribution in [2.75, 3.05) is 0 Å². The molecule has 0 bridgehead atoms. The first kappa shape index (κ1) is 17.2. The second kappa shape index (κ2) is 7.27. The van der Waals surface area contributed by atoms with Crippen LogP contribution in [-0.2, 0) is 4.79 Å². The van der Waals surface area contributed by atoms with Gasteiger partial charge in [-0.2, -0.15) is 0 Å². The van der Waals surface area contributed by atoms with Crippen LogP contribution >= 0.6 is 0 Å². The summed E-state index contributed by atoms with van der Waals surface area (Å²) in [5, 5.41) is 18.8. The summed E-state index contributed by atoms with van der Waals surface area (Å²) in [6.45, 7) is 3.51. The van der Waals surface area contributed by atoms with Gasteiger partial charge in [0.1, 0.15) is 17.9 Å². The van der Waals surface area contributed by atoms with Crippen molar-refractivity contribution in [1.82, 2.24) is 0 Å². The Morgan fingerprint density at radius 2 is 1.25 bits per heavy atom. The highest BCUT2D eigenvalue weighted by atomic mass is 19.1. The van der Waals surface area contributed by atoms with Crippen LogP contribution in [-0.4, -0.2) is 40.0 Å². The maximum Gasteiger partial charge on any atom is 0.151 e.